The Balaban J connectivity index is 2.04. The molecule has 2 rings (SSSR count). The fourth-order valence-corrected chi connectivity index (χ4v) is 2.26. The zero-order valence-corrected chi connectivity index (χ0v) is 13.0. The van der Waals surface area contributed by atoms with Gasteiger partial charge < -0.3 is 14.9 Å². The summed E-state index contributed by atoms with van der Waals surface area (Å²) in [7, 11) is 0. The van der Waals surface area contributed by atoms with E-state index in [-0.39, 0.29) is 23.7 Å². The number of hydrogen-bond donors (Lipinski definition) is 2. The number of carbonyl (C=O) groups is 1. The molecule has 0 unspecified atom stereocenters. The summed E-state index contributed by atoms with van der Waals surface area (Å²) in [6.45, 7) is 4.48. The summed E-state index contributed by atoms with van der Waals surface area (Å²) in [5.74, 6) is -0.132. The van der Waals surface area contributed by atoms with Crippen LogP contribution in [0.4, 0.5) is 0 Å². The van der Waals surface area contributed by atoms with Crippen molar-refractivity contribution >= 4 is 5.91 Å². The first-order valence-electron chi connectivity index (χ1n) is 7.55. The second-order valence-corrected chi connectivity index (χ2v) is 5.49. The van der Waals surface area contributed by atoms with Crippen LogP contribution in [0.3, 0.4) is 0 Å². The number of benzene rings is 1. The standard InChI is InChI=1S/C17H22N2O3/c1-3-17(4-2,12-20)11-18-16(21)15-10-14(19-22-15)13-8-6-5-7-9-13/h5-10,20H,3-4,11-12H2,1-2H3,(H,18,21). The molecule has 2 aromatic rings. The molecule has 5 nitrogen and oxygen atoms in total. The SMILES string of the molecule is CCC(CC)(CO)CNC(=O)c1cc(-c2ccccc2)no1. The van der Waals surface area contributed by atoms with E-state index in [9.17, 15) is 9.90 Å². The van der Waals surface area contributed by atoms with E-state index in [0.29, 0.717) is 12.2 Å². The maximum atomic E-state index is 12.2. The molecule has 0 fully saturated rings. The van der Waals surface area contributed by atoms with E-state index in [1.54, 1.807) is 6.07 Å². The van der Waals surface area contributed by atoms with Gasteiger partial charge in [-0.15, -0.1) is 0 Å². The molecular weight excluding hydrogens is 280 g/mol. The van der Waals surface area contributed by atoms with Crippen molar-refractivity contribution in [1.82, 2.24) is 10.5 Å². The number of hydrogen-bond acceptors (Lipinski definition) is 4. The van der Waals surface area contributed by atoms with Crippen LogP contribution in [-0.2, 0) is 0 Å². The normalized spacial score (nSPS) is 11.4. The highest BCUT2D eigenvalue weighted by molar-refractivity contribution is 5.92. The Morgan fingerprint density at radius 2 is 1.95 bits per heavy atom. The van der Waals surface area contributed by atoms with Crippen molar-refractivity contribution < 1.29 is 14.4 Å². The van der Waals surface area contributed by atoms with E-state index in [4.69, 9.17) is 4.52 Å². The van der Waals surface area contributed by atoms with Crippen LogP contribution >= 0.6 is 0 Å². The molecule has 0 saturated carbocycles. The van der Waals surface area contributed by atoms with Crippen LogP contribution < -0.4 is 5.32 Å². The minimum absolute atomic E-state index is 0.0476. The van der Waals surface area contributed by atoms with E-state index >= 15 is 0 Å². The summed E-state index contributed by atoms with van der Waals surface area (Å²) >= 11 is 0. The van der Waals surface area contributed by atoms with E-state index < -0.39 is 0 Å². The van der Waals surface area contributed by atoms with Crippen LogP contribution in [0, 0.1) is 5.41 Å². The van der Waals surface area contributed by atoms with Gasteiger partial charge in [-0.3, -0.25) is 4.79 Å². The van der Waals surface area contributed by atoms with E-state index in [2.05, 4.69) is 10.5 Å². The summed E-state index contributed by atoms with van der Waals surface area (Å²) in [4.78, 5) is 12.2. The van der Waals surface area contributed by atoms with E-state index in [0.717, 1.165) is 18.4 Å². The molecular formula is C17H22N2O3. The van der Waals surface area contributed by atoms with Crippen molar-refractivity contribution in [3.05, 3.63) is 42.2 Å². The second kappa shape index (κ2) is 7.22. The minimum Gasteiger partial charge on any atom is -0.396 e. The Morgan fingerprint density at radius 1 is 1.27 bits per heavy atom. The molecule has 0 radical (unpaired) electrons. The van der Waals surface area contributed by atoms with Gasteiger partial charge in [0.05, 0.1) is 6.61 Å². The summed E-state index contributed by atoms with van der Waals surface area (Å²) in [5, 5.41) is 16.3. The molecule has 0 aliphatic rings. The van der Waals surface area contributed by atoms with Gasteiger partial charge in [0.25, 0.3) is 5.91 Å². The second-order valence-electron chi connectivity index (χ2n) is 5.49. The number of nitrogens with one attached hydrogen (secondary N) is 1. The van der Waals surface area contributed by atoms with Gasteiger partial charge in [-0.05, 0) is 12.8 Å². The van der Waals surface area contributed by atoms with Gasteiger partial charge in [0.2, 0.25) is 5.76 Å². The molecule has 1 aromatic carbocycles. The zero-order chi connectivity index (χ0) is 16.0. The molecule has 5 heteroatoms. The lowest BCUT2D eigenvalue weighted by atomic mass is 9.83. The van der Waals surface area contributed by atoms with Gasteiger partial charge in [0.1, 0.15) is 5.69 Å². The lowest BCUT2D eigenvalue weighted by Crippen LogP contribution is -2.39. The first-order valence-corrected chi connectivity index (χ1v) is 7.55. The Kier molecular flexibility index (Phi) is 5.33. The molecule has 22 heavy (non-hydrogen) atoms. The van der Waals surface area contributed by atoms with Crippen molar-refractivity contribution in [2.45, 2.75) is 26.7 Å². The molecule has 0 bridgehead atoms. The predicted molar refractivity (Wildman–Crippen MR) is 84.4 cm³/mol. The highest BCUT2D eigenvalue weighted by Crippen LogP contribution is 2.24. The molecule has 118 valence electrons. The number of aromatic nitrogens is 1. The number of aliphatic hydroxyl groups is 1. The number of aliphatic hydroxyl groups excluding tert-OH is 1. The monoisotopic (exact) mass is 302 g/mol. The Hall–Kier alpha value is -2.14. The fraction of sp³-hybridized carbons (Fsp3) is 0.412. The molecule has 0 aliphatic carbocycles. The van der Waals surface area contributed by atoms with Crippen molar-refractivity contribution in [3.63, 3.8) is 0 Å². The Morgan fingerprint density at radius 3 is 2.55 bits per heavy atom. The largest absolute Gasteiger partial charge is 0.396 e. The van der Waals surface area contributed by atoms with Gasteiger partial charge in [0, 0.05) is 23.6 Å². The Bertz CT molecular complexity index is 595. The third-order valence-electron chi connectivity index (χ3n) is 4.26. The van der Waals surface area contributed by atoms with Crippen LogP contribution in [0.2, 0.25) is 0 Å². The topological polar surface area (TPSA) is 75.4 Å². The summed E-state index contributed by atoms with van der Waals surface area (Å²) in [6, 6.07) is 11.2. The van der Waals surface area contributed by atoms with Gasteiger partial charge >= 0.3 is 0 Å². The molecule has 0 aliphatic heterocycles. The van der Waals surface area contributed by atoms with E-state index in [1.165, 1.54) is 0 Å². The molecule has 0 spiro atoms. The molecule has 0 atom stereocenters. The molecule has 1 amide bonds. The molecule has 0 saturated heterocycles. The maximum absolute atomic E-state index is 12.2. The lowest BCUT2D eigenvalue weighted by molar-refractivity contribution is 0.0820. The fourth-order valence-electron chi connectivity index (χ4n) is 2.26. The lowest BCUT2D eigenvalue weighted by Gasteiger charge is -2.29. The first kappa shape index (κ1) is 16.2. The number of amides is 1. The third-order valence-corrected chi connectivity index (χ3v) is 4.26. The predicted octanol–water partition coefficient (Wildman–Crippen LogP) is 2.87. The minimum atomic E-state index is -0.311. The molecule has 1 aromatic heterocycles. The van der Waals surface area contributed by atoms with Crippen molar-refractivity contribution in [2.24, 2.45) is 5.41 Å². The average molecular weight is 302 g/mol. The number of rotatable bonds is 7. The highest BCUT2D eigenvalue weighted by Gasteiger charge is 2.26. The van der Waals surface area contributed by atoms with Crippen LogP contribution in [0.15, 0.2) is 40.9 Å². The third kappa shape index (κ3) is 3.54. The van der Waals surface area contributed by atoms with Crippen molar-refractivity contribution in [1.29, 1.82) is 0 Å². The molecule has 2 N–H and O–H groups in total. The average Bonchev–Trinajstić information content (AvgIpc) is 3.07. The van der Waals surface area contributed by atoms with Crippen molar-refractivity contribution in [3.8, 4) is 11.3 Å². The number of nitrogens with zero attached hydrogens (tertiary/aromatic N) is 1. The molecule has 1 heterocycles. The maximum Gasteiger partial charge on any atom is 0.289 e. The number of carbonyl (C=O) groups excluding carboxylic acids is 1. The smallest absolute Gasteiger partial charge is 0.289 e. The van der Waals surface area contributed by atoms with Crippen LogP contribution in [0.25, 0.3) is 11.3 Å². The highest BCUT2D eigenvalue weighted by atomic mass is 16.5. The van der Waals surface area contributed by atoms with E-state index in [1.807, 2.05) is 44.2 Å². The summed E-state index contributed by atoms with van der Waals surface area (Å²) < 4.78 is 5.12. The van der Waals surface area contributed by atoms with Gasteiger partial charge in [-0.25, -0.2) is 0 Å². The summed E-state index contributed by atoms with van der Waals surface area (Å²) in [5.41, 5.74) is 1.25. The van der Waals surface area contributed by atoms with Gasteiger partial charge in [0.15, 0.2) is 0 Å². The first-order chi connectivity index (χ1) is 10.6. The van der Waals surface area contributed by atoms with Crippen LogP contribution in [0.1, 0.15) is 37.2 Å². The van der Waals surface area contributed by atoms with Gasteiger partial charge in [-0.1, -0.05) is 49.3 Å². The van der Waals surface area contributed by atoms with Gasteiger partial charge in [-0.2, -0.15) is 0 Å². The van der Waals surface area contributed by atoms with Crippen LogP contribution in [0.5, 0.6) is 0 Å². The van der Waals surface area contributed by atoms with Crippen LogP contribution in [-0.4, -0.2) is 29.3 Å². The zero-order valence-electron chi connectivity index (χ0n) is 13.0. The quantitative estimate of drug-likeness (QED) is 0.824. The van der Waals surface area contributed by atoms with Crippen molar-refractivity contribution in [2.75, 3.05) is 13.2 Å². The Labute approximate surface area is 130 Å². The summed E-state index contributed by atoms with van der Waals surface area (Å²) in [6.07, 6.45) is 1.60.